The number of ether oxygens (including phenoxy) is 1. The number of methoxy groups -OCH3 is 1. The summed E-state index contributed by atoms with van der Waals surface area (Å²) in [5, 5.41) is 11.7. The topological polar surface area (TPSA) is 52.0 Å². The molecule has 2 heterocycles. The Balaban J connectivity index is 1.56. The van der Waals surface area contributed by atoms with Crippen LogP contribution in [0.15, 0.2) is 35.4 Å². The van der Waals surface area contributed by atoms with E-state index in [4.69, 9.17) is 4.74 Å². The normalized spacial score (nSPS) is 17.1. The molecule has 5 nitrogen and oxygen atoms in total. The molecule has 1 unspecified atom stereocenters. The van der Waals surface area contributed by atoms with E-state index in [2.05, 4.69) is 39.9 Å². The molecule has 0 radical (unpaired) electrons. The Labute approximate surface area is 129 Å². The van der Waals surface area contributed by atoms with Crippen LogP contribution >= 0.6 is 11.8 Å². The average Bonchev–Trinajstić information content (AvgIpc) is 3.12. The number of aromatic nitrogens is 3. The van der Waals surface area contributed by atoms with E-state index in [0.717, 1.165) is 31.1 Å². The molecule has 0 amide bonds. The lowest BCUT2D eigenvalue weighted by molar-refractivity contribution is 0.199. The first-order valence-electron chi connectivity index (χ1n) is 7.17. The lowest BCUT2D eigenvalue weighted by Gasteiger charge is -2.09. The Hall–Kier alpha value is -1.37. The van der Waals surface area contributed by atoms with Crippen molar-refractivity contribution in [2.75, 3.05) is 26.0 Å². The zero-order valence-electron chi connectivity index (χ0n) is 12.2. The molecule has 1 aromatic carbocycles. The smallest absolute Gasteiger partial charge is 0.0964 e. The van der Waals surface area contributed by atoms with Gasteiger partial charge in [-0.25, -0.2) is 0 Å². The van der Waals surface area contributed by atoms with E-state index in [9.17, 15) is 0 Å². The summed E-state index contributed by atoms with van der Waals surface area (Å²) >= 11 is 1.93. The highest BCUT2D eigenvalue weighted by Gasteiger charge is 2.23. The van der Waals surface area contributed by atoms with Crippen molar-refractivity contribution in [2.24, 2.45) is 0 Å². The lowest BCUT2D eigenvalue weighted by Crippen LogP contribution is -2.18. The Kier molecular flexibility index (Phi) is 4.90. The van der Waals surface area contributed by atoms with Gasteiger partial charge in [0.05, 0.1) is 18.8 Å². The number of fused-ring (bicyclic) bond motifs is 1. The van der Waals surface area contributed by atoms with Crippen molar-refractivity contribution < 1.29 is 4.74 Å². The molecule has 6 heteroatoms. The molecule has 1 aliphatic heterocycles. The number of rotatable bonds is 7. The van der Waals surface area contributed by atoms with Gasteiger partial charge < -0.3 is 10.1 Å². The van der Waals surface area contributed by atoms with Crippen LogP contribution in [0.2, 0.25) is 0 Å². The number of benzene rings is 1. The van der Waals surface area contributed by atoms with Crippen LogP contribution in [-0.4, -0.2) is 41.0 Å². The van der Waals surface area contributed by atoms with Crippen LogP contribution in [0.1, 0.15) is 17.2 Å². The Bertz CT molecular complexity index is 587. The highest BCUT2D eigenvalue weighted by Crippen LogP contribution is 2.39. The third-order valence-corrected chi connectivity index (χ3v) is 4.83. The molecule has 0 spiro atoms. The average molecular weight is 304 g/mol. The maximum Gasteiger partial charge on any atom is 0.0964 e. The molecule has 1 N–H and O–H groups in total. The summed E-state index contributed by atoms with van der Waals surface area (Å²) in [5.41, 5.74) is 2.42. The number of thioether (sulfide) groups is 1. The van der Waals surface area contributed by atoms with Gasteiger partial charge in [-0.1, -0.05) is 23.4 Å². The third-order valence-electron chi connectivity index (χ3n) is 3.58. The first kappa shape index (κ1) is 14.6. The van der Waals surface area contributed by atoms with Gasteiger partial charge in [-0.05, 0) is 11.6 Å². The molecule has 0 saturated carbocycles. The van der Waals surface area contributed by atoms with E-state index < -0.39 is 0 Å². The van der Waals surface area contributed by atoms with Crippen LogP contribution < -0.4 is 5.32 Å². The molecule has 1 atom stereocenters. The van der Waals surface area contributed by atoms with E-state index in [1.807, 2.05) is 22.6 Å². The van der Waals surface area contributed by atoms with E-state index in [0.29, 0.717) is 12.5 Å². The Morgan fingerprint density at radius 2 is 2.33 bits per heavy atom. The number of nitrogens with one attached hydrogen (secondary N) is 1. The fourth-order valence-electron chi connectivity index (χ4n) is 2.51. The highest BCUT2D eigenvalue weighted by molar-refractivity contribution is 7.99. The van der Waals surface area contributed by atoms with Gasteiger partial charge in [0.1, 0.15) is 0 Å². The molecule has 0 saturated heterocycles. The maximum absolute atomic E-state index is 5.00. The van der Waals surface area contributed by atoms with Crippen molar-refractivity contribution in [1.82, 2.24) is 20.3 Å². The summed E-state index contributed by atoms with van der Waals surface area (Å²) in [7, 11) is 1.70. The second-order valence-electron chi connectivity index (χ2n) is 5.15. The van der Waals surface area contributed by atoms with Crippen molar-refractivity contribution in [3.63, 3.8) is 0 Å². The first-order chi connectivity index (χ1) is 10.4. The molecule has 21 heavy (non-hydrogen) atoms. The van der Waals surface area contributed by atoms with E-state index in [1.54, 1.807) is 7.11 Å². The van der Waals surface area contributed by atoms with Crippen LogP contribution in [-0.2, 0) is 17.8 Å². The van der Waals surface area contributed by atoms with Gasteiger partial charge in [0.2, 0.25) is 0 Å². The zero-order chi connectivity index (χ0) is 14.5. The van der Waals surface area contributed by atoms with E-state index in [-0.39, 0.29) is 0 Å². The lowest BCUT2D eigenvalue weighted by atomic mass is 10.0. The molecule has 3 rings (SSSR count). The zero-order valence-corrected chi connectivity index (χ0v) is 13.0. The fourth-order valence-corrected chi connectivity index (χ4v) is 3.75. The molecule has 1 aromatic heterocycles. The summed E-state index contributed by atoms with van der Waals surface area (Å²) < 4.78 is 6.96. The van der Waals surface area contributed by atoms with Gasteiger partial charge in [0.25, 0.3) is 0 Å². The van der Waals surface area contributed by atoms with Gasteiger partial charge in [-0.3, -0.25) is 4.68 Å². The number of hydrogen-bond donors (Lipinski definition) is 1. The molecule has 2 aromatic rings. The summed E-state index contributed by atoms with van der Waals surface area (Å²) in [4.78, 5) is 1.41. The van der Waals surface area contributed by atoms with E-state index in [1.165, 1.54) is 10.5 Å². The minimum absolute atomic E-state index is 0.530. The van der Waals surface area contributed by atoms with Crippen LogP contribution in [0.4, 0.5) is 0 Å². The van der Waals surface area contributed by atoms with Gasteiger partial charge in [-0.2, -0.15) is 0 Å². The van der Waals surface area contributed by atoms with Crippen molar-refractivity contribution >= 4 is 11.8 Å². The summed E-state index contributed by atoms with van der Waals surface area (Å²) in [6, 6.07) is 8.65. The Morgan fingerprint density at radius 1 is 1.43 bits per heavy atom. The largest absolute Gasteiger partial charge is 0.383 e. The summed E-state index contributed by atoms with van der Waals surface area (Å²) in [5.74, 6) is 1.66. The summed E-state index contributed by atoms with van der Waals surface area (Å²) in [6.07, 6.45) is 2.03. The first-order valence-corrected chi connectivity index (χ1v) is 8.16. The summed E-state index contributed by atoms with van der Waals surface area (Å²) in [6.45, 7) is 3.18. The van der Waals surface area contributed by atoms with Crippen molar-refractivity contribution in [3.8, 4) is 0 Å². The molecule has 0 aliphatic carbocycles. The molecule has 1 aliphatic rings. The predicted molar refractivity (Wildman–Crippen MR) is 83.5 cm³/mol. The molecule has 0 bridgehead atoms. The van der Waals surface area contributed by atoms with Gasteiger partial charge in [0, 0.05) is 43.0 Å². The number of hydrogen-bond acceptors (Lipinski definition) is 5. The van der Waals surface area contributed by atoms with Crippen molar-refractivity contribution in [2.45, 2.75) is 23.9 Å². The molecule has 0 fully saturated rings. The monoisotopic (exact) mass is 304 g/mol. The SMILES string of the molecule is COCCNCc1cn(CC2CSc3ccccc32)nn1. The second-order valence-corrected chi connectivity index (χ2v) is 6.21. The maximum atomic E-state index is 5.00. The molecular formula is C15H20N4OS. The molecule has 112 valence electrons. The predicted octanol–water partition coefficient (Wildman–Crippen LogP) is 1.90. The second kappa shape index (κ2) is 7.06. The van der Waals surface area contributed by atoms with Crippen molar-refractivity contribution in [3.05, 3.63) is 41.7 Å². The quantitative estimate of drug-likeness (QED) is 0.792. The van der Waals surface area contributed by atoms with Gasteiger partial charge >= 0.3 is 0 Å². The standard InChI is InChI=1S/C15H20N4OS/c1-20-7-6-16-8-13-10-19(18-17-13)9-12-11-21-15-5-3-2-4-14(12)15/h2-5,10,12,16H,6-9,11H2,1H3. The van der Waals surface area contributed by atoms with Crippen LogP contribution in [0.5, 0.6) is 0 Å². The van der Waals surface area contributed by atoms with Gasteiger partial charge in [-0.15, -0.1) is 16.9 Å². The van der Waals surface area contributed by atoms with Crippen LogP contribution in [0, 0.1) is 0 Å². The van der Waals surface area contributed by atoms with Gasteiger partial charge in [0.15, 0.2) is 0 Å². The minimum atomic E-state index is 0.530. The molecular weight excluding hydrogens is 284 g/mol. The third kappa shape index (κ3) is 3.64. The minimum Gasteiger partial charge on any atom is -0.383 e. The van der Waals surface area contributed by atoms with Crippen LogP contribution in [0.25, 0.3) is 0 Å². The highest BCUT2D eigenvalue weighted by atomic mass is 32.2. The van der Waals surface area contributed by atoms with Crippen LogP contribution in [0.3, 0.4) is 0 Å². The Morgan fingerprint density at radius 3 is 3.24 bits per heavy atom. The van der Waals surface area contributed by atoms with Crippen molar-refractivity contribution in [1.29, 1.82) is 0 Å². The fraction of sp³-hybridized carbons (Fsp3) is 0.467. The number of nitrogens with zero attached hydrogens (tertiary/aromatic N) is 3. The van der Waals surface area contributed by atoms with E-state index >= 15 is 0 Å².